The highest BCUT2D eigenvalue weighted by Gasteiger charge is 2.12. The van der Waals surface area contributed by atoms with Crippen LogP contribution in [0.4, 0.5) is 0 Å². The fourth-order valence-electron chi connectivity index (χ4n) is 2.37. The first-order valence-corrected chi connectivity index (χ1v) is 8.79. The van der Waals surface area contributed by atoms with Gasteiger partial charge in [-0.05, 0) is 24.1 Å². The van der Waals surface area contributed by atoms with Crippen LogP contribution in [0.25, 0.3) is 0 Å². The van der Waals surface area contributed by atoms with Crippen molar-refractivity contribution in [2.45, 2.75) is 18.9 Å². The maximum Gasteiger partial charge on any atom is 0.0980 e. The van der Waals surface area contributed by atoms with Crippen LogP contribution >= 0.6 is 22.7 Å². The van der Waals surface area contributed by atoms with E-state index in [1.165, 1.54) is 21.1 Å². The minimum Gasteiger partial charge on any atom is -0.313 e. The van der Waals surface area contributed by atoms with E-state index in [-0.39, 0.29) is 0 Å². The smallest absolute Gasteiger partial charge is 0.0980 e. The number of hydrogen-bond acceptors (Lipinski definition) is 4. The molecule has 2 aromatic heterocycles. The Kier molecular flexibility index (Phi) is 4.80. The first kappa shape index (κ1) is 14.4. The van der Waals surface area contributed by atoms with Crippen molar-refractivity contribution >= 4 is 22.7 Å². The van der Waals surface area contributed by atoms with E-state index in [0.29, 0.717) is 6.04 Å². The molecule has 0 bridgehead atoms. The minimum absolute atomic E-state index is 0.322. The molecule has 1 N–H and O–H groups in total. The summed E-state index contributed by atoms with van der Waals surface area (Å²) < 4.78 is 0. The van der Waals surface area contributed by atoms with Crippen molar-refractivity contribution in [3.63, 3.8) is 0 Å². The molecule has 0 radical (unpaired) electrons. The number of aromatic nitrogens is 1. The second-order valence-electron chi connectivity index (χ2n) is 4.94. The predicted molar refractivity (Wildman–Crippen MR) is 91.2 cm³/mol. The van der Waals surface area contributed by atoms with E-state index in [2.05, 4.69) is 58.5 Å². The van der Waals surface area contributed by atoms with E-state index in [4.69, 9.17) is 4.98 Å². The lowest BCUT2D eigenvalue weighted by atomic mass is 10.0. The first-order valence-electron chi connectivity index (χ1n) is 7.03. The molecule has 0 spiro atoms. The van der Waals surface area contributed by atoms with Crippen molar-refractivity contribution in [2.24, 2.45) is 0 Å². The summed E-state index contributed by atoms with van der Waals surface area (Å²) in [6.45, 7) is 0. The largest absolute Gasteiger partial charge is 0.313 e. The number of nitrogens with zero attached hydrogens (tertiary/aromatic N) is 1. The maximum atomic E-state index is 4.78. The van der Waals surface area contributed by atoms with Gasteiger partial charge in [0.05, 0.1) is 10.7 Å². The molecule has 0 aliphatic carbocycles. The van der Waals surface area contributed by atoms with Crippen LogP contribution in [-0.2, 0) is 12.8 Å². The third-order valence-corrected chi connectivity index (χ3v) is 5.24. The van der Waals surface area contributed by atoms with Gasteiger partial charge in [0.15, 0.2) is 0 Å². The zero-order valence-corrected chi connectivity index (χ0v) is 13.6. The number of thiophene rings is 1. The molecule has 108 valence electrons. The van der Waals surface area contributed by atoms with Gasteiger partial charge in [-0.15, -0.1) is 22.7 Å². The van der Waals surface area contributed by atoms with Gasteiger partial charge >= 0.3 is 0 Å². The molecule has 0 fully saturated rings. The van der Waals surface area contributed by atoms with Crippen LogP contribution in [0, 0.1) is 0 Å². The Balaban J connectivity index is 1.68. The summed E-state index contributed by atoms with van der Waals surface area (Å²) in [6.07, 6.45) is 1.89. The van der Waals surface area contributed by atoms with E-state index in [9.17, 15) is 0 Å². The number of rotatable bonds is 6. The van der Waals surface area contributed by atoms with Gasteiger partial charge in [0, 0.05) is 29.1 Å². The van der Waals surface area contributed by atoms with Crippen LogP contribution in [0.2, 0.25) is 0 Å². The number of hydrogen-bond donors (Lipinski definition) is 1. The first-order chi connectivity index (χ1) is 10.3. The monoisotopic (exact) mass is 314 g/mol. The summed E-state index contributed by atoms with van der Waals surface area (Å²) in [5.41, 5.74) is 2.49. The van der Waals surface area contributed by atoms with Crippen LogP contribution in [0.5, 0.6) is 0 Å². The Morgan fingerprint density at radius 1 is 1.10 bits per heavy atom. The molecule has 2 heterocycles. The highest BCUT2D eigenvalue weighted by molar-refractivity contribution is 7.11. The zero-order valence-electron chi connectivity index (χ0n) is 12.0. The fourth-order valence-corrected chi connectivity index (χ4v) is 4.00. The summed E-state index contributed by atoms with van der Waals surface area (Å²) >= 11 is 3.56. The Morgan fingerprint density at radius 2 is 1.95 bits per heavy atom. The summed E-state index contributed by atoms with van der Waals surface area (Å²) in [5.74, 6) is 0. The fraction of sp³-hybridized carbons (Fsp3) is 0.235. The van der Waals surface area contributed by atoms with Crippen LogP contribution in [0.3, 0.4) is 0 Å². The molecule has 1 atom stereocenters. The third kappa shape index (κ3) is 3.79. The van der Waals surface area contributed by atoms with Gasteiger partial charge in [0.2, 0.25) is 0 Å². The maximum absolute atomic E-state index is 4.78. The van der Waals surface area contributed by atoms with Gasteiger partial charge in [-0.1, -0.05) is 36.4 Å². The molecular formula is C17H18N2S2. The molecule has 0 aliphatic heterocycles. The molecule has 0 saturated carbocycles. The molecule has 3 aromatic rings. The van der Waals surface area contributed by atoms with Gasteiger partial charge in [0.1, 0.15) is 0 Å². The Bertz CT molecular complexity index is 659. The molecule has 4 heteroatoms. The molecule has 0 amide bonds. The average molecular weight is 314 g/mol. The Morgan fingerprint density at radius 3 is 2.67 bits per heavy atom. The summed E-state index contributed by atoms with van der Waals surface area (Å²) in [6, 6.07) is 15.2. The summed E-state index contributed by atoms with van der Waals surface area (Å²) in [4.78, 5) is 6.16. The molecule has 1 unspecified atom stereocenters. The lowest BCUT2D eigenvalue weighted by Crippen LogP contribution is -2.18. The third-order valence-electron chi connectivity index (χ3n) is 3.47. The van der Waals surface area contributed by atoms with Gasteiger partial charge in [0.25, 0.3) is 0 Å². The Hall–Kier alpha value is -1.49. The van der Waals surface area contributed by atoms with Crippen molar-refractivity contribution in [3.05, 3.63) is 74.4 Å². The van der Waals surface area contributed by atoms with Crippen LogP contribution in [-0.4, -0.2) is 12.0 Å². The SMILES string of the molecule is CNC(Cc1csc(Cc2cccs2)n1)c1ccccc1. The molecule has 0 aliphatic rings. The van der Waals surface area contributed by atoms with Crippen molar-refractivity contribution in [2.75, 3.05) is 7.05 Å². The number of thiazole rings is 1. The van der Waals surface area contributed by atoms with E-state index < -0.39 is 0 Å². The Labute approximate surface area is 133 Å². The normalized spacial score (nSPS) is 12.4. The van der Waals surface area contributed by atoms with Crippen molar-refractivity contribution in [1.82, 2.24) is 10.3 Å². The van der Waals surface area contributed by atoms with Gasteiger partial charge in [-0.3, -0.25) is 0 Å². The van der Waals surface area contributed by atoms with E-state index in [0.717, 1.165) is 12.8 Å². The zero-order chi connectivity index (χ0) is 14.5. The van der Waals surface area contributed by atoms with Crippen LogP contribution in [0.15, 0.2) is 53.2 Å². The number of nitrogens with one attached hydrogen (secondary N) is 1. The lowest BCUT2D eigenvalue weighted by Gasteiger charge is -2.15. The average Bonchev–Trinajstić information content (AvgIpc) is 3.18. The van der Waals surface area contributed by atoms with Gasteiger partial charge < -0.3 is 5.32 Å². The highest BCUT2D eigenvalue weighted by atomic mass is 32.1. The van der Waals surface area contributed by atoms with Crippen LogP contribution in [0.1, 0.15) is 27.2 Å². The van der Waals surface area contributed by atoms with Gasteiger partial charge in [-0.25, -0.2) is 4.98 Å². The molecule has 1 aromatic carbocycles. The van der Waals surface area contributed by atoms with Crippen LogP contribution < -0.4 is 5.32 Å². The molecule has 3 rings (SSSR count). The molecular weight excluding hydrogens is 296 g/mol. The van der Waals surface area contributed by atoms with Crippen molar-refractivity contribution < 1.29 is 0 Å². The molecule has 21 heavy (non-hydrogen) atoms. The summed E-state index contributed by atoms with van der Waals surface area (Å²) in [7, 11) is 2.01. The topological polar surface area (TPSA) is 24.9 Å². The second-order valence-corrected chi connectivity index (χ2v) is 6.92. The lowest BCUT2D eigenvalue weighted by molar-refractivity contribution is 0.585. The van der Waals surface area contributed by atoms with Crippen molar-refractivity contribution in [1.29, 1.82) is 0 Å². The predicted octanol–water partition coefficient (Wildman–Crippen LogP) is 4.30. The number of likely N-dealkylation sites (N-methyl/N-ethyl adjacent to an activating group) is 1. The van der Waals surface area contributed by atoms with E-state index >= 15 is 0 Å². The standard InChI is InChI=1S/C17H18N2S2/c1-18-16(13-6-3-2-4-7-13)10-14-12-21-17(19-14)11-15-8-5-9-20-15/h2-9,12,16,18H,10-11H2,1H3. The van der Waals surface area contributed by atoms with E-state index in [1.54, 1.807) is 22.7 Å². The quantitative estimate of drug-likeness (QED) is 0.734. The van der Waals surface area contributed by atoms with E-state index in [1.807, 2.05) is 7.05 Å². The molecule has 0 saturated heterocycles. The highest BCUT2D eigenvalue weighted by Crippen LogP contribution is 2.22. The minimum atomic E-state index is 0.322. The number of benzene rings is 1. The second kappa shape index (κ2) is 6.98. The molecule has 2 nitrogen and oxygen atoms in total. The van der Waals surface area contributed by atoms with Gasteiger partial charge in [-0.2, -0.15) is 0 Å². The summed E-state index contributed by atoms with van der Waals surface area (Å²) in [5, 5.41) is 8.90. The van der Waals surface area contributed by atoms with Crippen molar-refractivity contribution in [3.8, 4) is 0 Å².